The van der Waals surface area contributed by atoms with Gasteiger partial charge in [0, 0.05) is 25.8 Å². The monoisotopic (exact) mass is 548 g/mol. The first-order chi connectivity index (χ1) is 20.2. The molecule has 1 saturated heterocycles. The summed E-state index contributed by atoms with van der Waals surface area (Å²) in [5.74, 6) is 2.79. The van der Waals surface area contributed by atoms with Crippen molar-refractivity contribution in [3.63, 3.8) is 0 Å². The number of hydrogen-bond acceptors (Lipinski definition) is 4. The molecule has 4 aliphatic rings. The number of ether oxygens (including phenoxy) is 3. The highest BCUT2D eigenvalue weighted by Crippen LogP contribution is 2.35. The largest absolute Gasteiger partial charge is 0.489 e. The van der Waals surface area contributed by atoms with E-state index in [4.69, 9.17) is 19.2 Å². The molecular formula is C36H40N2O3. The van der Waals surface area contributed by atoms with Crippen LogP contribution in [0.5, 0.6) is 5.75 Å². The summed E-state index contributed by atoms with van der Waals surface area (Å²) in [7, 11) is 0. The zero-order valence-corrected chi connectivity index (χ0v) is 24.1. The van der Waals surface area contributed by atoms with Crippen molar-refractivity contribution in [1.29, 1.82) is 0 Å². The van der Waals surface area contributed by atoms with Gasteiger partial charge in [0.15, 0.2) is 0 Å². The third-order valence-electron chi connectivity index (χ3n) is 8.26. The van der Waals surface area contributed by atoms with Gasteiger partial charge in [-0.2, -0.15) is 0 Å². The van der Waals surface area contributed by atoms with Gasteiger partial charge in [-0.3, -0.25) is 4.99 Å². The first kappa shape index (κ1) is 27.3. The van der Waals surface area contributed by atoms with Gasteiger partial charge in [-0.15, -0.1) is 0 Å². The predicted molar refractivity (Wildman–Crippen MR) is 166 cm³/mol. The fraction of sp³-hybridized carbons (Fsp3) is 0.361. The number of allylic oxidation sites excluding steroid dienone is 5. The summed E-state index contributed by atoms with van der Waals surface area (Å²) in [6.45, 7) is 6.52. The summed E-state index contributed by atoms with van der Waals surface area (Å²) in [4.78, 5) is 7.54. The third kappa shape index (κ3) is 6.91. The second-order valence-corrected chi connectivity index (χ2v) is 11.2. The Bertz CT molecular complexity index is 1410. The summed E-state index contributed by atoms with van der Waals surface area (Å²) in [6, 6.07) is 16.9. The predicted octanol–water partition coefficient (Wildman–Crippen LogP) is 7.22. The van der Waals surface area contributed by atoms with Crippen LogP contribution in [0.25, 0.3) is 5.57 Å². The minimum Gasteiger partial charge on any atom is -0.489 e. The molecule has 0 saturated carbocycles. The van der Waals surface area contributed by atoms with Gasteiger partial charge in [-0.05, 0) is 84.6 Å². The Morgan fingerprint density at radius 1 is 1.02 bits per heavy atom. The second kappa shape index (κ2) is 13.2. The molecule has 0 spiro atoms. The van der Waals surface area contributed by atoms with Crippen molar-refractivity contribution >= 4 is 11.4 Å². The van der Waals surface area contributed by atoms with Crippen LogP contribution < -0.4 is 4.74 Å². The molecule has 6 rings (SSSR count). The van der Waals surface area contributed by atoms with Crippen molar-refractivity contribution in [3.05, 3.63) is 119 Å². The first-order valence-electron chi connectivity index (χ1n) is 15.0. The molecule has 0 N–H and O–H groups in total. The maximum atomic E-state index is 6.51. The molecule has 1 aliphatic carbocycles. The molecule has 0 radical (unpaired) electrons. The molecule has 0 aromatic heterocycles. The van der Waals surface area contributed by atoms with Crippen LogP contribution in [-0.2, 0) is 22.5 Å². The standard InChI is InChI=1S/C36H40N2O3/c1-27-34-24-38(19-18-30-21-31(16-17-33(30)34)40-25-28-11-5-2-3-6-12-28)36(37-23-32-15-9-10-20-39-32)22-35(27)41-26-29-13-7-4-8-14-29/h2-5,7-8,11-14,16-17,21-22,32H,6,9-10,15,18-20,23-26H2,1H3/b37-36-. The molecule has 2 aromatic rings. The van der Waals surface area contributed by atoms with Gasteiger partial charge >= 0.3 is 0 Å². The van der Waals surface area contributed by atoms with Crippen LogP contribution in [0, 0.1) is 0 Å². The van der Waals surface area contributed by atoms with Gasteiger partial charge in [0.05, 0.1) is 12.6 Å². The highest BCUT2D eigenvalue weighted by molar-refractivity contribution is 5.97. The smallest absolute Gasteiger partial charge is 0.127 e. The van der Waals surface area contributed by atoms with Crippen molar-refractivity contribution in [1.82, 2.24) is 4.90 Å². The number of hydrogen-bond donors (Lipinski definition) is 0. The molecule has 0 amide bonds. The van der Waals surface area contributed by atoms with E-state index >= 15 is 0 Å². The lowest BCUT2D eigenvalue weighted by Crippen LogP contribution is -2.32. The number of amidine groups is 1. The molecule has 2 aromatic carbocycles. The van der Waals surface area contributed by atoms with Gasteiger partial charge in [0.25, 0.3) is 0 Å². The van der Waals surface area contributed by atoms with E-state index in [0.29, 0.717) is 19.8 Å². The van der Waals surface area contributed by atoms with Crippen LogP contribution in [0.3, 0.4) is 0 Å². The van der Waals surface area contributed by atoms with E-state index < -0.39 is 0 Å². The molecule has 2 bridgehead atoms. The van der Waals surface area contributed by atoms with E-state index in [1.165, 1.54) is 34.3 Å². The summed E-state index contributed by atoms with van der Waals surface area (Å²) in [6.07, 6.45) is 18.4. The molecule has 3 heterocycles. The molecule has 5 nitrogen and oxygen atoms in total. The van der Waals surface area contributed by atoms with Crippen molar-refractivity contribution in [2.75, 3.05) is 32.8 Å². The highest BCUT2D eigenvalue weighted by atomic mass is 16.5. The van der Waals surface area contributed by atoms with Crippen molar-refractivity contribution in [3.8, 4) is 5.75 Å². The van der Waals surface area contributed by atoms with E-state index in [1.807, 2.05) is 6.07 Å². The fourth-order valence-corrected chi connectivity index (χ4v) is 5.83. The lowest BCUT2D eigenvalue weighted by atomic mass is 9.94. The molecule has 1 fully saturated rings. The molecule has 3 aliphatic heterocycles. The van der Waals surface area contributed by atoms with E-state index in [1.54, 1.807) is 0 Å². The number of benzene rings is 2. The Hall–Kier alpha value is -3.83. The van der Waals surface area contributed by atoms with Crippen LogP contribution >= 0.6 is 0 Å². The Kier molecular flexibility index (Phi) is 8.82. The number of aliphatic imine (C=N–C) groups is 1. The summed E-state index contributed by atoms with van der Waals surface area (Å²) in [5.41, 5.74) is 7.41. The molecule has 212 valence electrons. The van der Waals surface area contributed by atoms with E-state index in [0.717, 1.165) is 68.3 Å². The van der Waals surface area contributed by atoms with E-state index in [-0.39, 0.29) is 6.10 Å². The minimum absolute atomic E-state index is 0.202. The Morgan fingerprint density at radius 2 is 1.95 bits per heavy atom. The molecule has 1 atom stereocenters. The summed E-state index contributed by atoms with van der Waals surface area (Å²) < 4.78 is 18.8. The fourth-order valence-electron chi connectivity index (χ4n) is 5.83. The van der Waals surface area contributed by atoms with Crippen molar-refractivity contribution in [2.24, 2.45) is 4.99 Å². The minimum atomic E-state index is 0.202. The molecule has 1 unspecified atom stereocenters. The Morgan fingerprint density at radius 3 is 2.83 bits per heavy atom. The maximum absolute atomic E-state index is 6.51. The Labute approximate surface area is 244 Å². The lowest BCUT2D eigenvalue weighted by molar-refractivity contribution is 0.0224. The van der Waals surface area contributed by atoms with E-state index in [9.17, 15) is 0 Å². The second-order valence-electron chi connectivity index (χ2n) is 11.2. The highest BCUT2D eigenvalue weighted by Gasteiger charge is 2.27. The van der Waals surface area contributed by atoms with Crippen LogP contribution in [0.15, 0.2) is 107 Å². The quantitative estimate of drug-likeness (QED) is 0.349. The van der Waals surface area contributed by atoms with Gasteiger partial charge in [-0.1, -0.05) is 66.8 Å². The first-order valence-corrected chi connectivity index (χ1v) is 15.0. The van der Waals surface area contributed by atoms with Gasteiger partial charge in [0.1, 0.15) is 30.6 Å². The third-order valence-corrected chi connectivity index (χ3v) is 8.26. The van der Waals surface area contributed by atoms with Crippen LogP contribution in [0.1, 0.15) is 49.3 Å². The number of nitrogens with zero attached hydrogens (tertiary/aromatic N) is 2. The molecule has 41 heavy (non-hydrogen) atoms. The summed E-state index contributed by atoms with van der Waals surface area (Å²) >= 11 is 0. The van der Waals surface area contributed by atoms with Crippen molar-refractivity contribution in [2.45, 2.75) is 51.7 Å². The maximum Gasteiger partial charge on any atom is 0.127 e. The summed E-state index contributed by atoms with van der Waals surface area (Å²) in [5, 5.41) is 0. The van der Waals surface area contributed by atoms with Crippen LogP contribution in [0.4, 0.5) is 0 Å². The molecular weight excluding hydrogens is 508 g/mol. The number of rotatable bonds is 8. The van der Waals surface area contributed by atoms with Crippen LogP contribution in [-0.4, -0.2) is 49.7 Å². The number of fused-ring (bicyclic) bond motifs is 4. The van der Waals surface area contributed by atoms with Crippen molar-refractivity contribution < 1.29 is 14.2 Å². The average molecular weight is 549 g/mol. The topological polar surface area (TPSA) is 43.3 Å². The van der Waals surface area contributed by atoms with Gasteiger partial charge < -0.3 is 19.1 Å². The van der Waals surface area contributed by atoms with Crippen LogP contribution in [0.2, 0.25) is 0 Å². The van der Waals surface area contributed by atoms with Gasteiger partial charge in [-0.25, -0.2) is 0 Å². The molecule has 5 heteroatoms. The Balaban J connectivity index is 1.28. The lowest BCUT2D eigenvalue weighted by Gasteiger charge is -2.24. The SMILES string of the molecule is CC1=C2CN(CCc3cc(OCC4=CCC=CC=C4)ccc32)/C(=N\CC2CCCCO2)C=C1OCc1ccccc1. The normalized spacial score (nSPS) is 21.4. The van der Waals surface area contributed by atoms with Gasteiger partial charge in [0.2, 0.25) is 0 Å². The van der Waals surface area contributed by atoms with E-state index in [2.05, 4.69) is 90.7 Å². The zero-order valence-electron chi connectivity index (χ0n) is 24.1. The zero-order chi connectivity index (χ0) is 27.9. The average Bonchev–Trinajstić information content (AvgIpc) is 3.44.